The highest BCUT2D eigenvalue weighted by atomic mass is 15.3. The molecule has 0 saturated heterocycles. The van der Waals surface area contributed by atoms with Gasteiger partial charge in [0.15, 0.2) is 0 Å². The van der Waals surface area contributed by atoms with Crippen molar-refractivity contribution in [2.45, 2.75) is 6.92 Å². The van der Waals surface area contributed by atoms with E-state index in [0.717, 1.165) is 27.9 Å². The Morgan fingerprint density at radius 2 is 2.00 bits per heavy atom. The number of anilines is 1. The van der Waals surface area contributed by atoms with Crippen molar-refractivity contribution in [2.24, 2.45) is 14.1 Å². The fraction of sp³-hybridized carbons (Fsp3) is 0.231. The first-order valence-corrected chi connectivity index (χ1v) is 5.78. The average Bonchev–Trinajstić information content (AvgIpc) is 2.81. The molecule has 0 aliphatic carbocycles. The zero-order valence-corrected chi connectivity index (χ0v) is 10.7. The Morgan fingerprint density at radius 1 is 1.22 bits per heavy atom. The normalized spacial score (nSPS) is 11.3. The maximum absolute atomic E-state index is 5.84. The summed E-state index contributed by atoms with van der Waals surface area (Å²) in [4.78, 5) is 4.37. The molecule has 2 heterocycles. The Balaban J connectivity index is 2.25. The molecule has 0 fully saturated rings. The van der Waals surface area contributed by atoms with Gasteiger partial charge in [0.2, 0.25) is 0 Å². The van der Waals surface area contributed by atoms with Gasteiger partial charge in [-0.1, -0.05) is 6.07 Å². The van der Waals surface area contributed by atoms with Crippen LogP contribution in [0, 0.1) is 6.92 Å². The van der Waals surface area contributed by atoms with E-state index in [-0.39, 0.29) is 0 Å². The third-order valence-corrected chi connectivity index (χ3v) is 3.32. The Labute approximate surface area is 105 Å². The molecule has 3 rings (SSSR count). The van der Waals surface area contributed by atoms with Crippen LogP contribution in [0.2, 0.25) is 0 Å². The summed E-state index contributed by atoms with van der Waals surface area (Å²) in [5.41, 5.74) is 11.1. The third-order valence-electron chi connectivity index (χ3n) is 3.32. The Bertz CT molecular complexity index is 735. The lowest BCUT2D eigenvalue weighted by molar-refractivity contribution is 0.780. The van der Waals surface area contributed by atoms with E-state index in [1.165, 1.54) is 0 Å². The Kier molecular flexibility index (Phi) is 2.16. The minimum Gasteiger partial charge on any atom is -0.382 e. The first-order chi connectivity index (χ1) is 8.58. The minimum absolute atomic E-state index is 0.577. The molecule has 0 aliphatic rings. The van der Waals surface area contributed by atoms with E-state index in [2.05, 4.69) is 28.3 Å². The number of benzene rings is 1. The van der Waals surface area contributed by atoms with Crippen LogP contribution in [0.1, 0.15) is 5.56 Å². The van der Waals surface area contributed by atoms with Crippen LogP contribution in [-0.2, 0) is 14.1 Å². The number of aromatic nitrogens is 4. The smallest absolute Gasteiger partial charge is 0.148 e. The molecule has 0 spiro atoms. The molecule has 0 unspecified atom stereocenters. The van der Waals surface area contributed by atoms with Crippen molar-refractivity contribution in [3.05, 3.63) is 30.1 Å². The molecule has 1 aromatic carbocycles. The molecule has 0 aliphatic heterocycles. The molecule has 0 saturated carbocycles. The van der Waals surface area contributed by atoms with E-state index < -0.39 is 0 Å². The lowest BCUT2D eigenvalue weighted by Gasteiger charge is -2.04. The average molecular weight is 241 g/mol. The molecular formula is C13H15N5. The predicted molar refractivity (Wildman–Crippen MR) is 72.1 cm³/mol. The van der Waals surface area contributed by atoms with E-state index in [0.29, 0.717) is 5.82 Å². The highest BCUT2D eigenvalue weighted by Gasteiger charge is 2.12. The Hall–Kier alpha value is -2.30. The van der Waals surface area contributed by atoms with E-state index in [1.54, 1.807) is 0 Å². The lowest BCUT2D eigenvalue weighted by atomic mass is 10.1. The summed E-state index contributed by atoms with van der Waals surface area (Å²) in [6, 6.07) is 6.21. The van der Waals surface area contributed by atoms with Crippen LogP contribution >= 0.6 is 0 Å². The second-order valence-electron chi connectivity index (χ2n) is 4.54. The molecule has 0 bridgehead atoms. The van der Waals surface area contributed by atoms with Crippen LogP contribution < -0.4 is 5.73 Å². The molecule has 0 amide bonds. The quantitative estimate of drug-likeness (QED) is 0.707. The number of nitrogens with two attached hydrogens (primary N) is 1. The van der Waals surface area contributed by atoms with Crippen LogP contribution in [0.15, 0.2) is 24.5 Å². The zero-order valence-electron chi connectivity index (χ0n) is 10.7. The van der Waals surface area contributed by atoms with Gasteiger partial charge >= 0.3 is 0 Å². The first-order valence-electron chi connectivity index (χ1n) is 5.78. The van der Waals surface area contributed by atoms with Crippen molar-refractivity contribution >= 4 is 16.9 Å². The van der Waals surface area contributed by atoms with E-state index in [4.69, 9.17) is 5.73 Å². The SMILES string of the molecule is Cc1c(N)nn(C)c1-c1ccc2c(c1)ncn2C. The molecule has 92 valence electrons. The van der Waals surface area contributed by atoms with E-state index >= 15 is 0 Å². The van der Waals surface area contributed by atoms with Crippen LogP contribution in [0.3, 0.4) is 0 Å². The van der Waals surface area contributed by atoms with Crippen molar-refractivity contribution < 1.29 is 0 Å². The maximum atomic E-state index is 5.84. The molecule has 5 heteroatoms. The minimum atomic E-state index is 0.577. The fourth-order valence-electron chi connectivity index (χ4n) is 2.34. The molecule has 3 aromatic rings. The van der Waals surface area contributed by atoms with Crippen LogP contribution in [0.25, 0.3) is 22.3 Å². The molecule has 18 heavy (non-hydrogen) atoms. The summed E-state index contributed by atoms with van der Waals surface area (Å²) in [5, 5.41) is 4.24. The summed E-state index contributed by atoms with van der Waals surface area (Å²) in [7, 11) is 3.89. The highest BCUT2D eigenvalue weighted by molar-refractivity contribution is 5.82. The number of nitrogen functional groups attached to an aromatic ring is 1. The number of aryl methyl sites for hydroxylation is 2. The van der Waals surface area contributed by atoms with Gasteiger partial charge in [-0.15, -0.1) is 0 Å². The van der Waals surface area contributed by atoms with E-state index in [1.807, 2.05) is 36.6 Å². The predicted octanol–water partition coefficient (Wildman–Crippen LogP) is 1.86. The second kappa shape index (κ2) is 3.60. The molecule has 0 atom stereocenters. The first kappa shape index (κ1) is 10.8. The van der Waals surface area contributed by atoms with Gasteiger partial charge in [-0.2, -0.15) is 5.10 Å². The van der Waals surface area contributed by atoms with Gasteiger partial charge in [-0.3, -0.25) is 4.68 Å². The second-order valence-corrected chi connectivity index (χ2v) is 4.54. The molecule has 0 radical (unpaired) electrons. The van der Waals surface area contributed by atoms with Gasteiger partial charge in [0.05, 0.1) is 23.1 Å². The number of fused-ring (bicyclic) bond motifs is 1. The number of hydrogen-bond donors (Lipinski definition) is 1. The lowest BCUT2D eigenvalue weighted by Crippen LogP contribution is -1.95. The van der Waals surface area contributed by atoms with Gasteiger partial charge in [0, 0.05) is 25.2 Å². The summed E-state index contributed by atoms with van der Waals surface area (Å²) in [6.07, 6.45) is 1.82. The van der Waals surface area contributed by atoms with Crippen molar-refractivity contribution in [1.29, 1.82) is 0 Å². The summed E-state index contributed by atoms with van der Waals surface area (Å²) >= 11 is 0. The maximum Gasteiger partial charge on any atom is 0.148 e. The molecule has 2 N–H and O–H groups in total. The van der Waals surface area contributed by atoms with Gasteiger partial charge in [0.1, 0.15) is 5.82 Å². The van der Waals surface area contributed by atoms with Crippen molar-refractivity contribution in [3.63, 3.8) is 0 Å². The summed E-state index contributed by atoms with van der Waals surface area (Å²) in [5.74, 6) is 0.577. The van der Waals surface area contributed by atoms with Crippen molar-refractivity contribution in [1.82, 2.24) is 19.3 Å². The number of imidazole rings is 1. The Morgan fingerprint density at radius 3 is 2.67 bits per heavy atom. The number of nitrogens with zero attached hydrogens (tertiary/aromatic N) is 4. The standard InChI is InChI=1S/C13H15N5/c1-8-12(18(3)16-13(8)14)9-4-5-11-10(6-9)15-7-17(11)2/h4-7H,1-3H3,(H2,14,16). The fourth-order valence-corrected chi connectivity index (χ4v) is 2.34. The van der Waals surface area contributed by atoms with Crippen molar-refractivity contribution in [3.8, 4) is 11.3 Å². The van der Waals surface area contributed by atoms with Crippen LogP contribution in [-0.4, -0.2) is 19.3 Å². The molecule has 5 nitrogen and oxygen atoms in total. The van der Waals surface area contributed by atoms with E-state index in [9.17, 15) is 0 Å². The van der Waals surface area contributed by atoms with Gasteiger partial charge in [0.25, 0.3) is 0 Å². The zero-order chi connectivity index (χ0) is 12.9. The van der Waals surface area contributed by atoms with Crippen molar-refractivity contribution in [2.75, 3.05) is 5.73 Å². The number of hydrogen-bond acceptors (Lipinski definition) is 3. The number of rotatable bonds is 1. The van der Waals surface area contributed by atoms with Gasteiger partial charge in [-0.25, -0.2) is 4.98 Å². The topological polar surface area (TPSA) is 61.7 Å². The molecule has 2 aromatic heterocycles. The molecular weight excluding hydrogens is 226 g/mol. The van der Waals surface area contributed by atoms with Gasteiger partial charge in [-0.05, 0) is 19.1 Å². The highest BCUT2D eigenvalue weighted by Crippen LogP contribution is 2.28. The monoisotopic (exact) mass is 241 g/mol. The largest absolute Gasteiger partial charge is 0.382 e. The van der Waals surface area contributed by atoms with Gasteiger partial charge < -0.3 is 10.3 Å². The summed E-state index contributed by atoms with van der Waals surface area (Å²) in [6.45, 7) is 1.99. The van der Waals surface area contributed by atoms with Crippen LogP contribution in [0.4, 0.5) is 5.82 Å². The van der Waals surface area contributed by atoms with Crippen LogP contribution in [0.5, 0.6) is 0 Å². The third kappa shape index (κ3) is 1.40. The summed E-state index contributed by atoms with van der Waals surface area (Å²) < 4.78 is 3.82.